The second-order valence-electron chi connectivity index (χ2n) is 10.9. The molecule has 216 valence electrons. The average molecular weight is 565 g/mol. The number of benzene rings is 2. The van der Waals surface area contributed by atoms with Gasteiger partial charge in [-0.2, -0.15) is 5.10 Å². The zero-order valence-electron chi connectivity index (χ0n) is 24.0. The van der Waals surface area contributed by atoms with Gasteiger partial charge in [0.1, 0.15) is 11.9 Å². The van der Waals surface area contributed by atoms with E-state index >= 15 is 0 Å². The fourth-order valence-electron chi connectivity index (χ4n) is 5.29. The van der Waals surface area contributed by atoms with Gasteiger partial charge in [-0.15, -0.1) is 0 Å². The summed E-state index contributed by atoms with van der Waals surface area (Å²) in [4.78, 5) is 34.3. The third kappa shape index (κ3) is 6.31. The third-order valence-corrected chi connectivity index (χ3v) is 7.89. The minimum atomic E-state index is -0.305. The van der Waals surface area contributed by atoms with E-state index in [2.05, 4.69) is 39.1 Å². The number of nitrogens with one attached hydrogen (secondary N) is 3. The number of carbonyl (C=O) groups excluding carboxylic acids is 1. The zero-order valence-corrected chi connectivity index (χ0v) is 24.0. The highest BCUT2D eigenvalue weighted by Gasteiger charge is 2.33. The zero-order chi connectivity index (χ0) is 29.1. The molecule has 3 heterocycles. The average Bonchev–Trinajstić information content (AvgIpc) is 3.60. The number of aromatic amines is 2. The maximum Gasteiger partial charge on any atom is 0.258 e. The summed E-state index contributed by atoms with van der Waals surface area (Å²) in [5.41, 5.74) is 3.76. The Bertz CT molecular complexity index is 1730. The lowest BCUT2D eigenvalue weighted by molar-refractivity contribution is 0.102. The molecule has 0 radical (unpaired) electrons. The maximum atomic E-state index is 13.0. The monoisotopic (exact) mass is 564 g/mol. The Morgan fingerprint density at radius 2 is 1.93 bits per heavy atom. The van der Waals surface area contributed by atoms with Gasteiger partial charge in [0.25, 0.3) is 11.5 Å². The van der Waals surface area contributed by atoms with E-state index in [0.29, 0.717) is 35.0 Å². The van der Waals surface area contributed by atoms with E-state index in [-0.39, 0.29) is 17.6 Å². The van der Waals surface area contributed by atoms with Crippen molar-refractivity contribution in [3.8, 4) is 17.0 Å². The Hall–Kier alpha value is -4.63. The summed E-state index contributed by atoms with van der Waals surface area (Å²) in [6.07, 6.45) is 7.36. The fraction of sp³-hybridized carbons (Fsp3) is 0.303. The molecule has 1 unspecified atom stereocenters. The highest BCUT2D eigenvalue weighted by molar-refractivity contribution is 6.04. The number of carbonyl (C=O) groups is 1. The molecule has 3 N–H and O–H groups in total. The molecule has 0 spiro atoms. The highest BCUT2D eigenvalue weighted by Crippen LogP contribution is 2.36. The van der Waals surface area contributed by atoms with Crippen molar-refractivity contribution in [1.29, 1.82) is 0 Å². The largest absolute Gasteiger partial charge is 0.489 e. The van der Waals surface area contributed by atoms with Crippen LogP contribution in [-0.2, 0) is 6.54 Å². The van der Waals surface area contributed by atoms with Gasteiger partial charge in [-0.05, 0) is 67.7 Å². The number of H-pyrrole nitrogens is 2. The lowest BCUT2D eigenvalue weighted by Gasteiger charge is -2.26. The molecule has 6 rings (SSSR count). The van der Waals surface area contributed by atoms with Crippen LogP contribution < -0.4 is 15.6 Å². The van der Waals surface area contributed by atoms with E-state index in [0.717, 1.165) is 41.9 Å². The summed E-state index contributed by atoms with van der Waals surface area (Å²) in [6.45, 7) is 7.88. The Morgan fingerprint density at radius 3 is 2.69 bits per heavy atom. The van der Waals surface area contributed by atoms with Crippen molar-refractivity contribution in [3.05, 3.63) is 101 Å². The molecule has 1 atom stereocenters. The van der Waals surface area contributed by atoms with Gasteiger partial charge in [0.2, 0.25) is 0 Å². The Kier molecular flexibility index (Phi) is 7.92. The number of nitrogens with zero attached hydrogens (tertiary/aromatic N) is 3. The summed E-state index contributed by atoms with van der Waals surface area (Å²) in [7, 11) is 0. The molecule has 1 amide bonds. The van der Waals surface area contributed by atoms with Crippen LogP contribution in [0.2, 0.25) is 0 Å². The summed E-state index contributed by atoms with van der Waals surface area (Å²) in [6, 6.07) is 19.6. The molecule has 1 saturated carbocycles. The number of hydrogen-bond acceptors (Lipinski definition) is 5. The molecule has 0 aliphatic heterocycles. The van der Waals surface area contributed by atoms with Crippen LogP contribution >= 0.6 is 0 Å². The van der Waals surface area contributed by atoms with E-state index in [1.807, 2.05) is 54.6 Å². The van der Waals surface area contributed by atoms with Crippen LogP contribution in [0.15, 0.2) is 84.0 Å². The molecule has 9 nitrogen and oxygen atoms in total. The van der Waals surface area contributed by atoms with Gasteiger partial charge in [0.05, 0.1) is 35.2 Å². The number of pyridine rings is 1. The number of ether oxygens (including phenoxy) is 1. The topological polar surface area (TPSA) is 108 Å². The molecule has 2 aromatic carbocycles. The molecule has 1 fully saturated rings. The molecular formula is C33H36N6O3. The molecule has 5 aromatic rings. The van der Waals surface area contributed by atoms with E-state index in [4.69, 9.17) is 4.74 Å². The van der Waals surface area contributed by atoms with Crippen LogP contribution in [0, 0.1) is 5.92 Å². The second-order valence-corrected chi connectivity index (χ2v) is 10.9. The maximum absolute atomic E-state index is 13.0. The number of amides is 1. The van der Waals surface area contributed by atoms with Crippen molar-refractivity contribution in [2.45, 2.75) is 39.3 Å². The van der Waals surface area contributed by atoms with E-state index < -0.39 is 0 Å². The minimum absolute atomic E-state index is 0.175. The van der Waals surface area contributed by atoms with Gasteiger partial charge >= 0.3 is 0 Å². The van der Waals surface area contributed by atoms with Crippen molar-refractivity contribution < 1.29 is 9.53 Å². The Labute approximate surface area is 244 Å². The third-order valence-electron chi connectivity index (χ3n) is 7.89. The van der Waals surface area contributed by atoms with Crippen LogP contribution in [0.4, 0.5) is 5.69 Å². The number of hydrogen-bond donors (Lipinski definition) is 3. The highest BCUT2D eigenvalue weighted by atomic mass is 16.5. The quantitative estimate of drug-likeness (QED) is 0.185. The van der Waals surface area contributed by atoms with E-state index in [1.54, 1.807) is 16.9 Å². The smallest absolute Gasteiger partial charge is 0.258 e. The van der Waals surface area contributed by atoms with Gasteiger partial charge in [0, 0.05) is 29.8 Å². The normalized spacial score (nSPS) is 13.9. The molecule has 42 heavy (non-hydrogen) atoms. The van der Waals surface area contributed by atoms with Crippen LogP contribution in [0.3, 0.4) is 0 Å². The Balaban J connectivity index is 1.17. The first-order valence-corrected chi connectivity index (χ1v) is 14.6. The predicted molar refractivity (Wildman–Crippen MR) is 165 cm³/mol. The standard InChI is InChI=1S/C33H36N6O3/c1-3-38(4-2)21-31(23-10-11-23)42-27-12-13-29-24(14-27)15-30(37-29)28-16-26(18-34-33(28)41)36-32(40)25-17-35-39(20-25)19-22-8-6-5-7-9-22/h5-9,12-18,20,23,31,37H,3-4,10-11,19,21H2,1-2H3,(H,34,41)(H,36,40). The van der Waals surface area contributed by atoms with E-state index in [1.165, 1.54) is 25.2 Å². The summed E-state index contributed by atoms with van der Waals surface area (Å²) in [5, 5.41) is 8.15. The predicted octanol–water partition coefficient (Wildman–Crippen LogP) is 5.52. The van der Waals surface area contributed by atoms with Gasteiger partial charge in [-0.25, -0.2) is 0 Å². The van der Waals surface area contributed by atoms with Crippen molar-refractivity contribution in [2.24, 2.45) is 5.92 Å². The first-order chi connectivity index (χ1) is 20.5. The summed E-state index contributed by atoms with van der Waals surface area (Å²) < 4.78 is 8.21. The lowest BCUT2D eigenvalue weighted by Crippen LogP contribution is -2.36. The molecule has 9 heteroatoms. The van der Waals surface area contributed by atoms with Gasteiger partial charge in [0.15, 0.2) is 0 Å². The molecule has 0 saturated heterocycles. The minimum Gasteiger partial charge on any atom is -0.489 e. The lowest BCUT2D eigenvalue weighted by atomic mass is 10.1. The van der Waals surface area contributed by atoms with E-state index in [9.17, 15) is 9.59 Å². The second kappa shape index (κ2) is 12.1. The molecule has 3 aromatic heterocycles. The first kappa shape index (κ1) is 27.5. The molecular weight excluding hydrogens is 528 g/mol. The fourth-order valence-corrected chi connectivity index (χ4v) is 5.29. The van der Waals surface area contributed by atoms with Crippen LogP contribution in [-0.4, -0.2) is 56.3 Å². The van der Waals surface area contributed by atoms with Gasteiger partial charge < -0.3 is 24.9 Å². The molecule has 1 aliphatic rings. The molecule has 0 bridgehead atoms. The SMILES string of the molecule is CCN(CC)CC(Oc1ccc2[nH]c(-c3cc(NC(=O)c4cnn(Cc5ccccc5)c4)c[nH]c3=O)cc2c1)C1CC1. The van der Waals surface area contributed by atoms with Crippen LogP contribution in [0.1, 0.15) is 42.6 Å². The number of likely N-dealkylation sites (N-methyl/N-ethyl adjacent to an activating group) is 1. The first-order valence-electron chi connectivity index (χ1n) is 14.6. The molecule has 1 aliphatic carbocycles. The van der Waals surface area contributed by atoms with Crippen molar-refractivity contribution in [3.63, 3.8) is 0 Å². The number of aromatic nitrogens is 4. The van der Waals surface area contributed by atoms with Crippen LogP contribution in [0.25, 0.3) is 22.2 Å². The van der Waals surface area contributed by atoms with Crippen molar-refractivity contribution >= 4 is 22.5 Å². The van der Waals surface area contributed by atoms with Gasteiger partial charge in [-0.1, -0.05) is 44.2 Å². The summed E-state index contributed by atoms with van der Waals surface area (Å²) in [5.74, 6) is 1.14. The van der Waals surface area contributed by atoms with Gasteiger partial charge in [-0.3, -0.25) is 14.3 Å². The number of rotatable bonds is 12. The Morgan fingerprint density at radius 1 is 1.12 bits per heavy atom. The van der Waals surface area contributed by atoms with Crippen molar-refractivity contribution in [1.82, 2.24) is 24.6 Å². The van der Waals surface area contributed by atoms with Crippen molar-refractivity contribution in [2.75, 3.05) is 25.0 Å². The summed E-state index contributed by atoms with van der Waals surface area (Å²) >= 11 is 0. The number of fused-ring (bicyclic) bond motifs is 1. The number of anilines is 1. The van der Waals surface area contributed by atoms with Crippen LogP contribution in [0.5, 0.6) is 5.75 Å².